The Bertz CT molecular complexity index is 869. The maximum absolute atomic E-state index is 12.7. The molecule has 2 aromatic carbocycles. The number of fused-ring (bicyclic) bond motifs is 1. The summed E-state index contributed by atoms with van der Waals surface area (Å²) in [5.74, 6) is 1.90. The lowest BCUT2D eigenvalue weighted by atomic mass is 10.2. The Morgan fingerprint density at radius 2 is 2.00 bits per heavy atom. The molecule has 0 bridgehead atoms. The maximum atomic E-state index is 12.7. The molecule has 0 aliphatic carbocycles. The van der Waals surface area contributed by atoms with Crippen molar-refractivity contribution in [1.82, 2.24) is 0 Å². The second-order valence-corrected chi connectivity index (χ2v) is 5.77. The van der Waals surface area contributed by atoms with Crippen molar-refractivity contribution in [2.75, 3.05) is 24.8 Å². The number of ether oxygens (including phenoxy) is 3. The lowest BCUT2D eigenvalue weighted by Crippen LogP contribution is -2.30. The first-order chi connectivity index (χ1) is 13.2. The third-order valence-corrected chi connectivity index (χ3v) is 3.99. The van der Waals surface area contributed by atoms with E-state index >= 15 is 0 Å². The van der Waals surface area contributed by atoms with Crippen LogP contribution in [0, 0.1) is 11.3 Å². The Labute approximate surface area is 158 Å². The van der Waals surface area contributed by atoms with E-state index in [1.54, 1.807) is 11.0 Å². The normalized spacial score (nSPS) is 12.0. The molecule has 0 saturated heterocycles. The van der Waals surface area contributed by atoms with Gasteiger partial charge in [0.25, 0.3) is 5.91 Å². The summed E-state index contributed by atoms with van der Waals surface area (Å²) in [5.41, 5.74) is 1.55. The molecule has 138 valence electrons. The maximum Gasteiger partial charge on any atom is 0.251 e. The van der Waals surface area contributed by atoms with E-state index in [2.05, 4.69) is 6.07 Å². The van der Waals surface area contributed by atoms with Gasteiger partial charge in [0.2, 0.25) is 6.79 Å². The molecule has 6 heteroatoms. The van der Waals surface area contributed by atoms with Crippen LogP contribution in [-0.2, 0) is 4.79 Å². The van der Waals surface area contributed by atoms with Crippen molar-refractivity contribution in [2.24, 2.45) is 0 Å². The fourth-order valence-corrected chi connectivity index (χ4v) is 2.69. The summed E-state index contributed by atoms with van der Waals surface area (Å²) in [5, 5.41) is 8.90. The van der Waals surface area contributed by atoms with Crippen molar-refractivity contribution in [3.8, 4) is 23.3 Å². The van der Waals surface area contributed by atoms with Crippen LogP contribution in [0.15, 0.2) is 48.5 Å². The molecular formula is C21H20N2O4. The molecular weight excluding hydrogens is 344 g/mol. The predicted molar refractivity (Wildman–Crippen MR) is 102 cm³/mol. The van der Waals surface area contributed by atoms with Crippen LogP contribution in [0.3, 0.4) is 0 Å². The fourth-order valence-electron chi connectivity index (χ4n) is 2.69. The van der Waals surface area contributed by atoms with Crippen molar-refractivity contribution in [1.29, 1.82) is 5.26 Å². The third-order valence-electron chi connectivity index (χ3n) is 3.99. The van der Waals surface area contributed by atoms with E-state index < -0.39 is 0 Å². The molecule has 0 N–H and O–H groups in total. The van der Waals surface area contributed by atoms with Crippen molar-refractivity contribution >= 4 is 17.7 Å². The van der Waals surface area contributed by atoms with Crippen LogP contribution in [0.2, 0.25) is 0 Å². The van der Waals surface area contributed by atoms with E-state index in [0.29, 0.717) is 30.3 Å². The molecule has 6 nitrogen and oxygen atoms in total. The van der Waals surface area contributed by atoms with E-state index in [-0.39, 0.29) is 19.1 Å². The molecule has 1 aliphatic rings. The number of benzene rings is 2. The summed E-state index contributed by atoms with van der Waals surface area (Å²) in [6, 6.07) is 14.8. The summed E-state index contributed by atoms with van der Waals surface area (Å²) >= 11 is 0. The van der Waals surface area contributed by atoms with Gasteiger partial charge >= 0.3 is 0 Å². The van der Waals surface area contributed by atoms with Crippen molar-refractivity contribution in [3.05, 3.63) is 54.1 Å². The molecule has 3 rings (SSSR count). The van der Waals surface area contributed by atoms with Gasteiger partial charge in [-0.25, -0.2) is 0 Å². The first kappa shape index (κ1) is 18.3. The molecule has 1 amide bonds. The second-order valence-electron chi connectivity index (χ2n) is 5.77. The summed E-state index contributed by atoms with van der Waals surface area (Å²) in [4.78, 5) is 14.3. The largest absolute Gasteiger partial charge is 0.494 e. The molecule has 0 spiro atoms. The number of hydrogen-bond donors (Lipinski definition) is 0. The predicted octanol–water partition coefficient (Wildman–Crippen LogP) is 3.77. The Hall–Kier alpha value is -3.46. The summed E-state index contributed by atoms with van der Waals surface area (Å²) in [7, 11) is 0. The fraction of sp³-hybridized carbons (Fsp3) is 0.238. The summed E-state index contributed by atoms with van der Waals surface area (Å²) < 4.78 is 16.1. The van der Waals surface area contributed by atoms with Gasteiger partial charge in [-0.15, -0.1) is 0 Å². The molecule has 0 unspecified atom stereocenters. The summed E-state index contributed by atoms with van der Waals surface area (Å²) in [6.07, 6.45) is 3.46. The lowest BCUT2D eigenvalue weighted by Gasteiger charge is -2.20. The highest BCUT2D eigenvalue weighted by atomic mass is 16.7. The van der Waals surface area contributed by atoms with Gasteiger partial charge < -0.3 is 19.1 Å². The highest BCUT2D eigenvalue weighted by molar-refractivity contribution is 6.03. The van der Waals surface area contributed by atoms with Crippen LogP contribution in [0.1, 0.15) is 18.9 Å². The second kappa shape index (κ2) is 8.77. The molecule has 0 radical (unpaired) electrons. The standard InChI is InChI=1S/C21H20N2O4/c1-2-25-18-8-6-17(7-9-18)23(13-3-12-22)21(24)11-5-16-4-10-19-20(14-16)27-15-26-19/h4-11,14H,2-3,13,15H2,1H3/b11-5+. The zero-order chi connectivity index (χ0) is 19.1. The zero-order valence-electron chi connectivity index (χ0n) is 15.1. The Morgan fingerprint density at radius 3 is 2.74 bits per heavy atom. The van der Waals surface area contributed by atoms with E-state index in [9.17, 15) is 4.79 Å². The molecule has 0 atom stereocenters. The molecule has 0 aromatic heterocycles. The van der Waals surface area contributed by atoms with Crippen LogP contribution in [-0.4, -0.2) is 25.9 Å². The number of nitrogens with zero attached hydrogens (tertiary/aromatic N) is 2. The molecule has 27 heavy (non-hydrogen) atoms. The SMILES string of the molecule is CCOc1ccc(N(CCC#N)C(=O)/C=C/c2ccc3c(c2)OCO3)cc1. The number of carbonyl (C=O) groups is 1. The Balaban J connectivity index is 1.75. The van der Waals surface area contributed by atoms with Crippen LogP contribution in [0.25, 0.3) is 6.08 Å². The smallest absolute Gasteiger partial charge is 0.251 e. The highest BCUT2D eigenvalue weighted by Crippen LogP contribution is 2.32. The summed E-state index contributed by atoms with van der Waals surface area (Å²) in [6.45, 7) is 3.02. The topological polar surface area (TPSA) is 71.8 Å². The van der Waals surface area contributed by atoms with Gasteiger partial charge in [-0.1, -0.05) is 6.07 Å². The highest BCUT2D eigenvalue weighted by Gasteiger charge is 2.15. The van der Waals surface area contributed by atoms with Crippen molar-refractivity contribution in [3.63, 3.8) is 0 Å². The van der Waals surface area contributed by atoms with Crippen molar-refractivity contribution in [2.45, 2.75) is 13.3 Å². The number of anilines is 1. The van der Waals surface area contributed by atoms with Crippen molar-refractivity contribution < 1.29 is 19.0 Å². The third kappa shape index (κ3) is 4.59. The number of hydrogen-bond acceptors (Lipinski definition) is 5. The minimum atomic E-state index is -0.202. The molecule has 0 saturated carbocycles. The van der Waals surface area contributed by atoms with Gasteiger partial charge in [-0.3, -0.25) is 4.79 Å². The van der Waals surface area contributed by atoms with Gasteiger partial charge in [0.05, 0.1) is 19.1 Å². The van der Waals surface area contributed by atoms with Crippen LogP contribution >= 0.6 is 0 Å². The molecule has 1 heterocycles. The zero-order valence-corrected chi connectivity index (χ0v) is 15.1. The van der Waals surface area contributed by atoms with Gasteiger partial charge in [0.15, 0.2) is 11.5 Å². The van der Waals surface area contributed by atoms with Gasteiger partial charge in [-0.2, -0.15) is 5.26 Å². The number of rotatable bonds is 7. The molecule has 0 fully saturated rings. The number of nitriles is 1. The first-order valence-corrected chi connectivity index (χ1v) is 8.70. The van der Waals surface area contributed by atoms with E-state index in [1.807, 2.05) is 49.4 Å². The Morgan fingerprint density at radius 1 is 1.22 bits per heavy atom. The van der Waals surface area contributed by atoms with Gasteiger partial charge in [0.1, 0.15) is 5.75 Å². The average molecular weight is 364 g/mol. The quantitative estimate of drug-likeness (QED) is 0.699. The Kier molecular flexibility index (Phi) is 5.95. The molecule has 2 aromatic rings. The van der Waals surface area contributed by atoms with E-state index in [1.165, 1.54) is 6.08 Å². The van der Waals surface area contributed by atoms with E-state index in [4.69, 9.17) is 19.5 Å². The van der Waals surface area contributed by atoms with Crippen LogP contribution in [0.5, 0.6) is 17.2 Å². The van der Waals surface area contributed by atoms with E-state index in [0.717, 1.165) is 11.3 Å². The van der Waals surface area contributed by atoms with Crippen LogP contribution < -0.4 is 19.1 Å². The number of amides is 1. The minimum absolute atomic E-state index is 0.202. The monoisotopic (exact) mass is 364 g/mol. The van der Waals surface area contributed by atoms with Gasteiger partial charge in [-0.05, 0) is 55.0 Å². The average Bonchev–Trinajstić information content (AvgIpc) is 3.16. The van der Waals surface area contributed by atoms with Crippen LogP contribution in [0.4, 0.5) is 5.69 Å². The minimum Gasteiger partial charge on any atom is -0.494 e. The lowest BCUT2D eigenvalue weighted by molar-refractivity contribution is -0.114. The van der Waals surface area contributed by atoms with Gasteiger partial charge in [0, 0.05) is 18.3 Å². The first-order valence-electron chi connectivity index (χ1n) is 8.70. The number of carbonyl (C=O) groups excluding carboxylic acids is 1. The molecule has 1 aliphatic heterocycles.